The summed E-state index contributed by atoms with van der Waals surface area (Å²) in [6.07, 6.45) is 5.22. The maximum atomic E-state index is 12.6. The van der Waals surface area contributed by atoms with Crippen LogP contribution in [-0.2, 0) is 6.42 Å². The number of hydrogen-bond donors (Lipinski definition) is 1. The summed E-state index contributed by atoms with van der Waals surface area (Å²) in [7, 11) is 0. The summed E-state index contributed by atoms with van der Waals surface area (Å²) in [6, 6.07) is 15.5. The fraction of sp³-hybridized carbons (Fsp3) is 0.320. The van der Waals surface area contributed by atoms with E-state index in [1.165, 1.54) is 12.8 Å². The minimum absolute atomic E-state index is 0.00473. The molecular formula is C25H25ClN4O. The molecule has 1 heterocycles. The highest BCUT2D eigenvalue weighted by molar-refractivity contribution is 6.31. The van der Waals surface area contributed by atoms with E-state index in [0.717, 1.165) is 41.0 Å². The number of rotatable bonds is 5. The van der Waals surface area contributed by atoms with Crippen LogP contribution in [0, 0.1) is 25.2 Å². The van der Waals surface area contributed by atoms with Crippen LogP contribution in [0.2, 0.25) is 5.02 Å². The third-order valence-corrected chi connectivity index (χ3v) is 6.33. The molecule has 6 heteroatoms. The number of hydrogen-bond acceptors (Lipinski definition) is 3. The molecule has 1 saturated carbocycles. The number of aromatic nitrogens is 2. The summed E-state index contributed by atoms with van der Waals surface area (Å²) in [4.78, 5) is 12.6. The minimum Gasteiger partial charge on any atom is -0.349 e. The molecule has 0 aliphatic heterocycles. The van der Waals surface area contributed by atoms with Gasteiger partial charge in [-0.3, -0.25) is 4.79 Å². The Balaban J connectivity index is 1.57. The molecule has 1 aromatic heterocycles. The van der Waals surface area contributed by atoms with Crippen molar-refractivity contribution >= 4 is 17.5 Å². The quantitative estimate of drug-likeness (QED) is 0.596. The van der Waals surface area contributed by atoms with Gasteiger partial charge in [0.15, 0.2) is 0 Å². The number of halogens is 1. The monoisotopic (exact) mass is 432 g/mol. The molecule has 2 aromatic carbocycles. The number of carbonyl (C=O) groups excluding carboxylic acids is 1. The van der Waals surface area contributed by atoms with Crippen molar-refractivity contribution in [2.24, 2.45) is 0 Å². The topological polar surface area (TPSA) is 70.7 Å². The lowest BCUT2D eigenvalue weighted by atomic mass is 10.0. The number of aryl methyl sites for hydroxylation is 1. The molecule has 3 aromatic rings. The molecule has 0 saturated heterocycles. The van der Waals surface area contributed by atoms with Gasteiger partial charge in [0, 0.05) is 29.3 Å². The van der Waals surface area contributed by atoms with Crippen molar-refractivity contribution in [2.45, 2.75) is 52.0 Å². The molecule has 0 radical (unpaired) electrons. The van der Waals surface area contributed by atoms with E-state index in [1.807, 2.05) is 48.9 Å². The van der Waals surface area contributed by atoms with Crippen LogP contribution in [-0.4, -0.2) is 21.7 Å². The average molecular weight is 433 g/mol. The van der Waals surface area contributed by atoms with Gasteiger partial charge in [-0.25, -0.2) is 4.68 Å². The van der Waals surface area contributed by atoms with Crippen LogP contribution in [0.3, 0.4) is 0 Å². The van der Waals surface area contributed by atoms with E-state index in [-0.39, 0.29) is 5.91 Å². The third kappa shape index (κ3) is 4.50. The molecule has 1 N–H and O–H groups in total. The van der Waals surface area contributed by atoms with E-state index < -0.39 is 0 Å². The van der Waals surface area contributed by atoms with Gasteiger partial charge in [0.25, 0.3) is 5.91 Å². The molecule has 0 atom stereocenters. The second-order valence-electron chi connectivity index (χ2n) is 8.17. The molecule has 1 amide bonds. The molecule has 1 fully saturated rings. The fourth-order valence-electron chi connectivity index (χ4n) is 4.27. The van der Waals surface area contributed by atoms with Crippen LogP contribution < -0.4 is 5.32 Å². The molecule has 31 heavy (non-hydrogen) atoms. The summed E-state index contributed by atoms with van der Waals surface area (Å²) >= 11 is 6.21. The largest absolute Gasteiger partial charge is 0.349 e. The number of nitrogens with zero attached hydrogens (tertiary/aromatic N) is 3. The molecular weight excluding hydrogens is 408 g/mol. The van der Waals surface area contributed by atoms with E-state index in [1.54, 1.807) is 12.1 Å². The smallest absolute Gasteiger partial charge is 0.251 e. The average Bonchev–Trinajstić information content (AvgIpc) is 3.37. The lowest BCUT2D eigenvalue weighted by Gasteiger charge is -2.12. The SMILES string of the molecule is Cc1nn(-c2ccc(C#N)c(Cl)c2)c(C)c1Cc1cccc(C(=O)NC2CCCC2)c1. The molecule has 0 unspecified atom stereocenters. The van der Waals surface area contributed by atoms with Crippen molar-refractivity contribution in [1.29, 1.82) is 5.26 Å². The highest BCUT2D eigenvalue weighted by Gasteiger charge is 2.19. The van der Waals surface area contributed by atoms with Crippen LogP contribution in [0.4, 0.5) is 0 Å². The summed E-state index contributed by atoms with van der Waals surface area (Å²) in [5, 5.41) is 17.4. The second kappa shape index (κ2) is 8.95. The number of carbonyl (C=O) groups is 1. The number of nitriles is 1. The zero-order valence-electron chi connectivity index (χ0n) is 17.8. The van der Waals surface area contributed by atoms with E-state index >= 15 is 0 Å². The first-order valence-electron chi connectivity index (χ1n) is 10.6. The zero-order valence-corrected chi connectivity index (χ0v) is 18.5. The van der Waals surface area contributed by atoms with Gasteiger partial charge < -0.3 is 5.32 Å². The predicted octanol–water partition coefficient (Wildman–Crippen LogP) is 5.28. The van der Waals surface area contributed by atoms with Crippen molar-refractivity contribution in [2.75, 3.05) is 0 Å². The van der Waals surface area contributed by atoms with Crippen molar-refractivity contribution < 1.29 is 4.79 Å². The normalized spacial score (nSPS) is 13.9. The van der Waals surface area contributed by atoms with E-state index in [2.05, 4.69) is 11.4 Å². The Morgan fingerprint density at radius 3 is 2.71 bits per heavy atom. The maximum Gasteiger partial charge on any atom is 0.251 e. The molecule has 0 spiro atoms. The highest BCUT2D eigenvalue weighted by atomic mass is 35.5. The summed E-state index contributed by atoms with van der Waals surface area (Å²) in [6.45, 7) is 4.01. The van der Waals surface area contributed by atoms with Crippen LogP contribution >= 0.6 is 11.6 Å². The van der Waals surface area contributed by atoms with Gasteiger partial charge in [0.05, 0.1) is 22.0 Å². The Hall–Kier alpha value is -3.10. The molecule has 4 rings (SSSR count). The van der Waals surface area contributed by atoms with Crippen LogP contribution in [0.15, 0.2) is 42.5 Å². The summed E-state index contributed by atoms with van der Waals surface area (Å²) in [5.74, 6) is 0.00473. The highest BCUT2D eigenvalue weighted by Crippen LogP contribution is 2.25. The van der Waals surface area contributed by atoms with E-state index in [9.17, 15) is 4.79 Å². The number of benzene rings is 2. The van der Waals surface area contributed by atoms with Gasteiger partial charge >= 0.3 is 0 Å². The molecule has 1 aliphatic carbocycles. The van der Waals surface area contributed by atoms with Crippen molar-refractivity contribution in [3.63, 3.8) is 0 Å². The predicted molar refractivity (Wildman–Crippen MR) is 122 cm³/mol. The van der Waals surface area contributed by atoms with Crippen molar-refractivity contribution in [1.82, 2.24) is 15.1 Å². The second-order valence-corrected chi connectivity index (χ2v) is 8.58. The summed E-state index contributed by atoms with van der Waals surface area (Å²) < 4.78 is 1.86. The van der Waals surface area contributed by atoms with E-state index in [4.69, 9.17) is 22.0 Å². The van der Waals surface area contributed by atoms with Crippen LogP contribution in [0.25, 0.3) is 5.69 Å². The lowest BCUT2D eigenvalue weighted by molar-refractivity contribution is 0.0938. The molecule has 158 valence electrons. The Kier molecular flexibility index (Phi) is 6.11. The van der Waals surface area contributed by atoms with Crippen molar-refractivity contribution in [3.8, 4) is 11.8 Å². The standard InChI is InChI=1S/C25H25ClN4O/c1-16-23(17(2)30(29-16)22-11-10-20(15-27)24(26)14-22)13-18-6-5-7-19(12-18)25(31)28-21-8-3-4-9-21/h5-7,10-12,14,21H,3-4,8-9,13H2,1-2H3,(H,28,31). The van der Waals surface area contributed by atoms with E-state index in [0.29, 0.717) is 28.6 Å². The lowest BCUT2D eigenvalue weighted by Crippen LogP contribution is -2.32. The van der Waals surface area contributed by atoms with Gasteiger partial charge in [-0.2, -0.15) is 10.4 Å². The maximum absolute atomic E-state index is 12.6. The Labute approximate surface area is 187 Å². The first-order valence-corrected chi connectivity index (χ1v) is 11.0. The Morgan fingerprint density at radius 2 is 2.00 bits per heavy atom. The minimum atomic E-state index is 0.00473. The van der Waals surface area contributed by atoms with Crippen molar-refractivity contribution in [3.05, 3.63) is 81.1 Å². The van der Waals surface area contributed by atoms with Crippen LogP contribution in [0.1, 0.15) is 64.1 Å². The fourth-order valence-corrected chi connectivity index (χ4v) is 4.49. The Bertz CT molecular complexity index is 1170. The summed E-state index contributed by atoms with van der Waals surface area (Å²) in [5.41, 5.74) is 6.10. The zero-order chi connectivity index (χ0) is 22.0. The van der Waals surface area contributed by atoms with Gasteiger partial charge in [0.1, 0.15) is 6.07 Å². The molecule has 0 bridgehead atoms. The van der Waals surface area contributed by atoms with Gasteiger partial charge in [-0.15, -0.1) is 0 Å². The third-order valence-electron chi connectivity index (χ3n) is 6.02. The van der Waals surface area contributed by atoms with Gasteiger partial charge in [-0.1, -0.05) is 36.6 Å². The number of nitrogens with one attached hydrogen (secondary N) is 1. The molecule has 5 nitrogen and oxygen atoms in total. The Morgan fingerprint density at radius 1 is 1.23 bits per heavy atom. The van der Waals surface area contributed by atoms with Gasteiger partial charge in [0.2, 0.25) is 0 Å². The van der Waals surface area contributed by atoms with Crippen LogP contribution in [0.5, 0.6) is 0 Å². The first kappa shape index (κ1) is 21.1. The van der Waals surface area contributed by atoms with Gasteiger partial charge in [-0.05, 0) is 62.6 Å². The number of amides is 1. The molecule has 1 aliphatic rings. The first-order chi connectivity index (χ1) is 15.0.